The zero-order valence-corrected chi connectivity index (χ0v) is 59.2. The summed E-state index contributed by atoms with van der Waals surface area (Å²) in [5.41, 5.74) is 45.8. The standard InChI is InChI=1S/C105H62BN3/c1-2-26-63(27-3-1)64-50-52-65(53-51-64)107-94-58-55-79-74-34-10-22-46-89(74)104(85-42-18-6-30-70(85)71-31-7-19-43-86(71)104)98(79)101(94)106-100-96(107)61-67(109-92-48-24-13-37-77(92)78-38-14-25-49-93(78)109)62-97(100)108(66-54-57-91-81(60-66)76-36-12-17-41-84(76)103(91)82-39-15-4-28-68(82)69-29-5-16-40-83(69)103)95-59-56-80-75-35-11-23-47-90(75)105(99(80)102(95)106)87-44-20-8-32-72(87)73-33-9-21-45-88(73)105/h1-62H. The zero-order chi connectivity index (χ0) is 70.7. The molecule has 0 N–H and O–H groups in total. The van der Waals surface area contributed by atoms with Gasteiger partial charge in [-0.25, -0.2) is 0 Å². The quantitative estimate of drug-likeness (QED) is 0.163. The molecule has 0 bridgehead atoms. The molecule has 0 saturated heterocycles. The first-order valence-electron chi connectivity index (χ1n) is 38.4. The molecule has 18 aromatic rings. The third kappa shape index (κ3) is 6.92. The second-order valence-corrected chi connectivity index (χ2v) is 31.0. The molecule has 0 fully saturated rings. The average molecular weight is 1380 g/mol. The molecular weight excluding hydrogens is 1310 g/mol. The monoisotopic (exact) mass is 1380 g/mol. The fraction of sp³-hybridized carbons (Fsp3) is 0.0286. The lowest BCUT2D eigenvalue weighted by molar-refractivity contribution is 0.793. The first-order valence-corrected chi connectivity index (χ1v) is 38.4. The highest BCUT2D eigenvalue weighted by atomic mass is 15.2. The maximum Gasteiger partial charge on any atom is 0.253 e. The van der Waals surface area contributed by atoms with Crippen molar-refractivity contribution < 1.29 is 0 Å². The summed E-state index contributed by atoms with van der Waals surface area (Å²) in [6.45, 7) is -0.370. The van der Waals surface area contributed by atoms with Crippen LogP contribution in [0.5, 0.6) is 0 Å². The topological polar surface area (TPSA) is 11.4 Å². The van der Waals surface area contributed by atoms with Gasteiger partial charge in [0.25, 0.3) is 6.71 Å². The minimum atomic E-state index is -0.737. The number of fused-ring (bicyclic) bond motifs is 39. The Hall–Kier alpha value is -13.8. The molecule has 1 aromatic heterocycles. The van der Waals surface area contributed by atoms with Crippen molar-refractivity contribution in [2.45, 2.75) is 16.2 Å². The highest BCUT2D eigenvalue weighted by Crippen LogP contribution is 2.68. The van der Waals surface area contributed by atoms with Crippen molar-refractivity contribution in [1.29, 1.82) is 0 Å². The average Bonchev–Trinajstić information content (AvgIpc) is 1.60. The first kappa shape index (κ1) is 58.5. The maximum atomic E-state index is 2.76. The number of rotatable bonds is 4. The Morgan fingerprint density at radius 3 is 0.917 bits per heavy atom. The van der Waals surface area contributed by atoms with Gasteiger partial charge in [-0.15, -0.1) is 0 Å². The molecule has 0 radical (unpaired) electrons. The maximum absolute atomic E-state index is 2.76. The molecule has 3 nitrogen and oxygen atoms in total. The summed E-state index contributed by atoms with van der Waals surface area (Å²) in [6.07, 6.45) is 0. The number of anilines is 6. The minimum absolute atomic E-state index is 0.370. The van der Waals surface area contributed by atoms with Gasteiger partial charge < -0.3 is 14.4 Å². The van der Waals surface area contributed by atoms with E-state index in [-0.39, 0.29) is 6.71 Å². The third-order valence-corrected chi connectivity index (χ3v) is 26.6. The molecule has 0 saturated carbocycles. The Kier molecular flexibility index (Phi) is 11.2. The van der Waals surface area contributed by atoms with Crippen molar-refractivity contribution in [1.82, 2.24) is 4.57 Å². The summed E-state index contributed by atoms with van der Waals surface area (Å²) in [6, 6.07) is 146. The van der Waals surface area contributed by atoms with Crippen LogP contribution in [0.1, 0.15) is 66.8 Å². The lowest BCUT2D eigenvalue weighted by Gasteiger charge is -2.48. The smallest absolute Gasteiger partial charge is 0.253 e. The fourth-order valence-corrected chi connectivity index (χ4v) is 22.9. The second kappa shape index (κ2) is 20.8. The van der Waals surface area contributed by atoms with Crippen LogP contribution >= 0.6 is 0 Å². The van der Waals surface area contributed by atoms with Crippen LogP contribution in [-0.2, 0) is 16.2 Å². The van der Waals surface area contributed by atoms with Crippen molar-refractivity contribution in [2.24, 2.45) is 0 Å². The van der Waals surface area contributed by atoms with Crippen LogP contribution < -0.4 is 26.2 Å². The van der Waals surface area contributed by atoms with Crippen LogP contribution in [-0.4, -0.2) is 11.3 Å². The Balaban J connectivity index is 0.864. The third-order valence-electron chi connectivity index (χ3n) is 26.6. The number of para-hydroxylation sites is 2. The van der Waals surface area contributed by atoms with Crippen molar-refractivity contribution in [2.75, 3.05) is 9.80 Å². The van der Waals surface area contributed by atoms with Gasteiger partial charge in [0, 0.05) is 44.9 Å². The number of hydrogen-bond acceptors (Lipinski definition) is 2. The summed E-state index contributed by atoms with van der Waals surface area (Å²) < 4.78 is 2.56. The van der Waals surface area contributed by atoms with E-state index in [0.29, 0.717) is 0 Å². The summed E-state index contributed by atoms with van der Waals surface area (Å²) in [5.74, 6) is 0. The number of nitrogens with zero attached hydrogens (tertiary/aromatic N) is 3. The Morgan fingerprint density at radius 2 is 0.505 bits per heavy atom. The molecule has 6 aliphatic carbocycles. The molecule has 3 heterocycles. The van der Waals surface area contributed by atoms with Gasteiger partial charge in [0.15, 0.2) is 0 Å². The Labute approximate surface area is 631 Å². The van der Waals surface area contributed by atoms with Crippen LogP contribution in [0.3, 0.4) is 0 Å². The van der Waals surface area contributed by atoms with E-state index in [0.717, 1.165) is 39.5 Å². The molecule has 4 heteroatoms. The lowest BCUT2D eigenvalue weighted by atomic mass is 9.30. The van der Waals surface area contributed by atoms with E-state index in [4.69, 9.17) is 0 Å². The molecule has 0 atom stereocenters. The van der Waals surface area contributed by atoms with E-state index in [1.807, 2.05) is 0 Å². The van der Waals surface area contributed by atoms with E-state index in [1.54, 1.807) is 0 Å². The molecule has 26 rings (SSSR count). The largest absolute Gasteiger partial charge is 0.311 e. The zero-order valence-electron chi connectivity index (χ0n) is 59.2. The molecule has 3 spiro atoms. The first-order chi connectivity index (χ1) is 54.1. The van der Waals surface area contributed by atoms with Gasteiger partial charge in [-0.05, 0) is 222 Å². The van der Waals surface area contributed by atoms with Crippen molar-refractivity contribution in [3.8, 4) is 83.6 Å². The fourth-order valence-electron chi connectivity index (χ4n) is 22.9. The molecule has 17 aromatic carbocycles. The molecule has 0 amide bonds. The summed E-state index contributed by atoms with van der Waals surface area (Å²) in [4.78, 5) is 5.46. The predicted octanol–water partition coefficient (Wildman–Crippen LogP) is 23.6. The van der Waals surface area contributed by atoms with Gasteiger partial charge in [0.05, 0.1) is 33.0 Å². The summed E-state index contributed by atoms with van der Waals surface area (Å²) in [5, 5.41) is 2.44. The van der Waals surface area contributed by atoms with Crippen LogP contribution in [0.15, 0.2) is 376 Å². The highest BCUT2D eigenvalue weighted by molar-refractivity contribution is 7.01. The van der Waals surface area contributed by atoms with Crippen LogP contribution in [0.25, 0.3) is 105 Å². The van der Waals surface area contributed by atoms with Crippen molar-refractivity contribution in [3.05, 3.63) is 443 Å². The molecule has 8 aliphatic rings. The second-order valence-electron chi connectivity index (χ2n) is 31.0. The van der Waals surface area contributed by atoms with E-state index < -0.39 is 16.2 Å². The SMILES string of the molecule is c1ccc(-c2ccc(N3c4cc(-n5c6ccccc6c6ccccc65)cc5c4B(c4c3ccc3c4C4(c6ccccc6-c6ccccc64)c4ccccc4-3)c3c(ccc4c3C3(c6ccccc6-c6ccccc63)c3ccccc3-4)N5c3ccc4c(c3)-c3ccccc3C43c4ccccc4-c4ccccc43)cc2)cc1. The van der Waals surface area contributed by atoms with E-state index in [1.165, 1.54) is 183 Å². The number of hydrogen-bond donors (Lipinski definition) is 0. The molecule has 500 valence electrons. The molecule has 0 unspecified atom stereocenters. The summed E-state index contributed by atoms with van der Waals surface area (Å²) >= 11 is 0. The predicted molar refractivity (Wildman–Crippen MR) is 449 cm³/mol. The van der Waals surface area contributed by atoms with E-state index >= 15 is 0 Å². The normalized spacial score (nSPS) is 15.0. The molecule has 2 aliphatic heterocycles. The van der Waals surface area contributed by atoms with Gasteiger partial charge in [-0.1, -0.05) is 315 Å². The van der Waals surface area contributed by atoms with Gasteiger partial charge in [0.1, 0.15) is 0 Å². The highest BCUT2D eigenvalue weighted by Gasteiger charge is 2.61. The van der Waals surface area contributed by atoms with Crippen molar-refractivity contribution >= 4 is 79.0 Å². The van der Waals surface area contributed by atoms with Gasteiger partial charge >= 0.3 is 0 Å². The van der Waals surface area contributed by atoms with E-state index in [2.05, 4.69) is 390 Å². The lowest BCUT2D eigenvalue weighted by Crippen LogP contribution is -2.64. The van der Waals surface area contributed by atoms with Crippen LogP contribution in [0.4, 0.5) is 34.1 Å². The summed E-state index contributed by atoms with van der Waals surface area (Å²) in [7, 11) is 0. The van der Waals surface area contributed by atoms with Gasteiger partial charge in [-0.3, -0.25) is 0 Å². The Bertz CT molecular complexity index is 6930. The van der Waals surface area contributed by atoms with Gasteiger partial charge in [0.2, 0.25) is 0 Å². The van der Waals surface area contributed by atoms with Gasteiger partial charge in [-0.2, -0.15) is 0 Å². The minimum Gasteiger partial charge on any atom is -0.311 e. The molecular formula is C105H62BN3. The Morgan fingerprint density at radius 1 is 0.193 bits per heavy atom. The number of benzene rings is 17. The molecule has 109 heavy (non-hydrogen) atoms. The van der Waals surface area contributed by atoms with Crippen LogP contribution in [0, 0.1) is 0 Å². The van der Waals surface area contributed by atoms with Crippen LogP contribution in [0.2, 0.25) is 0 Å². The number of aromatic nitrogens is 1. The van der Waals surface area contributed by atoms with Crippen molar-refractivity contribution in [3.63, 3.8) is 0 Å². The van der Waals surface area contributed by atoms with E-state index in [9.17, 15) is 0 Å².